The molecule has 1 rings (SSSR count). The molecule has 0 bridgehead atoms. The molecule has 0 saturated carbocycles. The summed E-state index contributed by atoms with van der Waals surface area (Å²) < 4.78 is 51.8. The van der Waals surface area contributed by atoms with Crippen LogP contribution in [0, 0.1) is 11.3 Å². The quantitative estimate of drug-likeness (QED) is 0.243. The summed E-state index contributed by atoms with van der Waals surface area (Å²) in [6, 6.07) is -0.0629. The zero-order valence-electron chi connectivity index (χ0n) is 21.5. The minimum atomic E-state index is -3.19. The normalized spacial score (nSPS) is 25.9. The van der Waals surface area contributed by atoms with Crippen LogP contribution in [0.5, 0.6) is 0 Å². The number of rotatable bonds is 11. The predicted molar refractivity (Wildman–Crippen MR) is 117 cm³/mol. The van der Waals surface area contributed by atoms with Crippen LogP contribution < -0.4 is 5.32 Å². The molecule has 212 valence electrons. The number of esters is 5. The van der Waals surface area contributed by atoms with Gasteiger partial charge in [-0.15, -0.1) is 0 Å². The van der Waals surface area contributed by atoms with Crippen LogP contribution in [0.2, 0.25) is 0 Å². The Kier molecular flexibility index (Phi) is 12.0. The Morgan fingerprint density at radius 1 is 1.00 bits per heavy atom. The number of nitrogens with zero attached hydrogens (tertiary/aromatic N) is 1. The van der Waals surface area contributed by atoms with E-state index in [1.165, 1.54) is 0 Å². The van der Waals surface area contributed by atoms with Crippen LogP contribution in [0.1, 0.15) is 34.6 Å². The van der Waals surface area contributed by atoms with E-state index < -0.39 is 91.4 Å². The summed E-state index contributed by atoms with van der Waals surface area (Å²) in [5, 5.41) is 11.3. The predicted octanol–water partition coefficient (Wildman–Crippen LogP) is -1.00. The third-order valence-corrected chi connectivity index (χ3v) is 4.91. The van der Waals surface area contributed by atoms with Gasteiger partial charge in [0.15, 0.2) is 12.2 Å². The van der Waals surface area contributed by atoms with E-state index in [0.29, 0.717) is 0 Å². The fourth-order valence-electron chi connectivity index (χ4n) is 3.71. The summed E-state index contributed by atoms with van der Waals surface area (Å²) >= 11 is 0. The van der Waals surface area contributed by atoms with Crippen LogP contribution >= 0.6 is 0 Å². The van der Waals surface area contributed by atoms with Gasteiger partial charge in [0.1, 0.15) is 25.4 Å². The molecule has 1 fully saturated rings. The first kappa shape index (κ1) is 32.2. The molecule has 38 heavy (non-hydrogen) atoms. The molecule has 0 aromatic carbocycles. The lowest BCUT2D eigenvalue weighted by atomic mass is 9.86. The second-order valence-corrected chi connectivity index (χ2v) is 7.92. The van der Waals surface area contributed by atoms with E-state index in [1.54, 1.807) is 6.07 Å². The first-order chi connectivity index (χ1) is 17.7. The topological polar surface area (TPSA) is 203 Å². The van der Waals surface area contributed by atoms with Crippen molar-refractivity contribution in [3.05, 3.63) is 0 Å². The van der Waals surface area contributed by atoms with E-state index in [0.717, 1.165) is 41.7 Å². The highest BCUT2D eigenvalue weighted by Crippen LogP contribution is 2.39. The van der Waals surface area contributed by atoms with Crippen molar-refractivity contribution in [1.29, 1.82) is 5.26 Å². The van der Waals surface area contributed by atoms with Crippen molar-refractivity contribution in [2.24, 2.45) is 0 Å². The van der Waals surface area contributed by atoms with Crippen molar-refractivity contribution < 1.29 is 66.3 Å². The number of amides is 1. The van der Waals surface area contributed by atoms with Gasteiger partial charge in [-0.05, 0) is 0 Å². The van der Waals surface area contributed by atoms with Crippen LogP contribution in [0.15, 0.2) is 0 Å². The van der Waals surface area contributed by atoms with Crippen LogP contribution in [0.4, 0.5) is 4.39 Å². The third-order valence-electron chi connectivity index (χ3n) is 4.91. The maximum absolute atomic E-state index is 16.0. The highest BCUT2D eigenvalue weighted by molar-refractivity contribution is 5.83. The molecule has 0 spiro atoms. The molecule has 3 unspecified atom stereocenters. The monoisotopic (exact) mass is 548 g/mol. The summed E-state index contributed by atoms with van der Waals surface area (Å²) in [6.45, 7) is 3.32. The van der Waals surface area contributed by atoms with Gasteiger partial charge in [0.2, 0.25) is 12.1 Å². The molecule has 1 aliphatic heterocycles. The lowest BCUT2D eigenvalue weighted by Gasteiger charge is -2.49. The summed E-state index contributed by atoms with van der Waals surface area (Å²) in [6.07, 6.45) is -10.0. The minimum absolute atomic E-state index is 0.721. The molecule has 1 amide bonds. The number of carbonyl (C=O) groups excluding carboxylic acids is 6. The van der Waals surface area contributed by atoms with Crippen molar-refractivity contribution in [2.45, 2.75) is 77.0 Å². The number of carbonyl (C=O) groups is 6. The Bertz CT molecular complexity index is 967. The highest BCUT2D eigenvalue weighted by Gasteiger charge is 2.66. The molecule has 1 aliphatic rings. The van der Waals surface area contributed by atoms with Crippen LogP contribution in [-0.4, -0.2) is 98.5 Å². The smallest absolute Gasteiger partial charge is 0.383 e. The maximum atomic E-state index is 16.0. The summed E-state index contributed by atoms with van der Waals surface area (Å²) in [4.78, 5) is 72.1. The Hall–Kier alpha value is -3.84. The first-order valence-electron chi connectivity index (χ1n) is 11.0. The number of hydrogen-bond donors (Lipinski definition) is 1. The number of alkyl halides is 1. The van der Waals surface area contributed by atoms with Crippen molar-refractivity contribution >= 4 is 35.8 Å². The third kappa shape index (κ3) is 8.35. The molecular weight excluding hydrogens is 519 g/mol. The first-order valence-corrected chi connectivity index (χ1v) is 11.0. The van der Waals surface area contributed by atoms with E-state index in [-0.39, 0.29) is 0 Å². The van der Waals surface area contributed by atoms with E-state index in [9.17, 15) is 28.8 Å². The minimum Gasteiger partial charge on any atom is -0.464 e. The van der Waals surface area contributed by atoms with Crippen LogP contribution in [0.25, 0.3) is 0 Å². The SMILES string of the molecule is COC(=O)[C@]1(OC(C)=O)OC([C@H](OC(C)=O)[C@@H](COC(C)=O)OC(C)=O)[C@H](NC(C)=O)C(OCC#N)C1F. The Labute approximate surface area is 216 Å². The summed E-state index contributed by atoms with van der Waals surface area (Å²) in [5.41, 5.74) is 0. The Balaban J connectivity index is 3.90. The van der Waals surface area contributed by atoms with Crippen molar-refractivity contribution in [3.8, 4) is 6.07 Å². The van der Waals surface area contributed by atoms with E-state index >= 15 is 4.39 Å². The maximum Gasteiger partial charge on any atom is 0.383 e. The lowest BCUT2D eigenvalue weighted by Crippen LogP contribution is -2.74. The average Bonchev–Trinajstić information content (AvgIpc) is 2.80. The standard InChI is InChI=1S/C22H29FN2O13/c1-10(26)25-16-18(17(36-13(4)29)15(35-12(3)28)9-34-11(2)27)38-22(21(31)32-6,37-14(5)30)20(23)19(16)33-8-7-24/h15-20H,8-9H2,1-6H3,(H,25,26)/t15-,16+,17-,18?,19?,20?,22-/m1/s1. The number of ether oxygens (including phenoxy) is 7. The molecule has 1 heterocycles. The van der Waals surface area contributed by atoms with E-state index in [2.05, 4.69) is 10.1 Å². The molecule has 1 saturated heterocycles. The van der Waals surface area contributed by atoms with Gasteiger partial charge in [-0.2, -0.15) is 5.26 Å². The largest absolute Gasteiger partial charge is 0.464 e. The average molecular weight is 548 g/mol. The van der Waals surface area contributed by atoms with Crippen molar-refractivity contribution in [1.82, 2.24) is 5.32 Å². The molecule has 0 aliphatic carbocycles. The molecule has 0 radical (unpaired) electrons. The number of hydrogen-bond acceptors (Lipinski definition) is 14. The molecule has 0 aromatic rings. The zero-order valence-corrected chi connectivity index (χ0v) is 21.5. The van der Waals surface area contributed by atoms with E-state index in [4.69, 9.17) is 33.7 Å². The van der Waals surface area contributed by atoms with Crippen LogP contribution in [-0.2, 0) is 61.9 Å². The molecule has 0 aromatic heterocycles. The number of nitriles is 1. The van der Waals surface area contributed by atoms with Gasteiger partial charge in [-0.1, -0.05) is 0 Å². The Morgan fingerprint density at radius 3 is 2.05 bits per heavy atom. The number of halogens is 1. The highest BCUT2D eigenvalue weighted by atomic mass is 19.1. The van der Waals surface area contributed by atoms with Gasteiger partial charge in [0.05, 0.1) is 19.2 Å². The van der Waals surface area contributed by atoms with Crippen molar-refractivity contribution in [3.63, 3.8) is 0 Å². The van der Waals surface area contributed by atoms with Gasteiger partial charge in [-0.25, -0.2) is 9.18 Å². The Morgan fingerprint density at radius 2 is 1.61 bits per heavy atom. The van der Waals surface area contributed by atoms with E-state index in [1.807, 2.05) is 0 Å². The zero-order chi connectivity index (χ0) is 29.2. The molecule has 15 nitrogen and oxygen atoms in total. The van der Waals surface area contributed by atoms with Gasteiger partial charge in [-0.3, -0.25) is 24.0 Å². The summed E-state index contributed by atoms with van der Waals surface area (Å²) in [5.74, 6) is -9.53. The summed E-state index contributed by atoms with van der Waals surface area (Å²) in [7, 11) is 0.829. The molecule has 1 N–H and O–H groups in total. The second-order valence-electron chi connectivity index (χ2n) is 7.92. The number of nitrogens with one attached hydrogen (secondary N) is 1. The number of methoxy groups -OCH3 is 1. The fourth-order valence-corrected chi connectivity index (χ4v) is 3.71. The second kappa shape index (κ2) is 14.2. The van der Waals surface area contributed by atoms with Crippen LogP contribution in [0.3, 0.4) is 0 Å². The molecular formula is C22H29FN2O13. The fraction of sp³-hybridized carbons (Fsp3) is 0.682. The molecule has 7 atom stereocenters. The van der Waals surface area contributed by atoms with Gasteiger partial charge in [0.25, 0.3) is 0 Å². The van der Waals surface area contributed by atoms with Crippen molar-refractivity contribution in [2.75, 3.05) is 20.3 Å². The van der Waals surface area contributed by atoms with Gasteiger partial charge in [0, 0.05) is 34.6 Å². The van der Waals surface area contributed by atoms with Gasteiger partial charge >= 0.3 is 35.6 Å². The molecule has 16 heteroatoms. The lowest BCUT2D eigenvalue weighted by molar-refractivity contribution is -0.328. The van der Waals surface area contributed by atoms with Gasteiger partial charge < -0.3 is 38.5 Å².